The molecule has 0 saturated carbocycles. The number of amides is 1. The lowest BCUT2D eigenvalue weighted by Crippen LogP contribution is -2.39. The average Bonchev–Trinajstić information content (AvgIpc) is 2.85. The number of carbonyl (C=O) groups excluding carboxylic acids is 1. The summed E-state index contributed by atoms with van der Waals surface area (Å²) in [5.41, 5.74) is 1.29. The van der Waals surface area contributed by atoms with E-state index in [2.05, 4.69) is 22.4 Å². The van der Waals surface area contributed by atoms with E-state index in [9.17, 15) is 4.79 Å². The summed E-state index contributed by atoms with van der Waals surface area (Å²) in [5.74, 6) is 0.651. The van der Waals surface area contributed by atoms with Crippen LogP contribution in [-0.4, -0.2) is 43.9 Å². The van der Waals surface area contributed by atoms with Gasteiger partial charge in [0.25, 0.3) is 5.91 Å². The van der Waals surface area contributed by atoms with Crippen molar-refractivity contribution in [1.29, 1.82) is 0 Å². The third kappa shape index (κ3) is 1.94. The first-order chi connectivity index (χ1) is 8.74. The SMILES string of the molecule is C[C@@H]1CCCN(C(=O)c2ccc3nnnn3c2)C1. The zero-order valence-electron chi connectivity index (χ0n) is 10.3. The van der Waals surface area contributed by atoms with E-state index < -0.39 is 0 Å². The summed E-state index contributed by atoms with van der Waals surface area (Å²) in [6, 6.07) is 3.55. The van der Waals surface area contributed by atoms with Gasteiger partial charge in [0.15, 0.2) is 5.65 Å². The minimum atomic E-state index is 0.0685. The monoisotopic (exact) mass is 245 g/mol. The van der Waals surface area contributed by atoms with E-state index >= 15 is 0 Å². The van der Waals surface area contributed by atoms with Gasteiger partial charge in [-0.3, -0.25) is 4.79 Å². The Balaban J connectivity index is 1.86. The number of nitrogens with zero attached hydrogens (tertiary/aromatic N) is 5. The van der Waals surface area contributed by atoms with E-state index in [0.29, 0.717) is 17.1 Å². The molecule has 6 nitrogen and oxygen atoms in total. The number of rotatable bonds is 1. The topological polar surface area (TPSA) is 63.4 Å². The van der Waals surface area contributed by atoms with Gasteiger partial charge in [0.05, 0.1) is 5.56 Å². The van der Waals surface area contributed by atoms with E-state index in [4.69, 9.17) is 0 Å². The molecule has 0 radical (unpaired) electrons. The maximum absolute atomic E-state index is 12.4. The zero-order chi connectivity index (χ0) is 12.5. The fraction of sp³-hybridized carbons (Fsp3) is 0.500. The summed E-state index contributed by atoms with van der Waals surface area (Å²) in [4.78, 5) is 14.3. The third-order valence-corrected chi connectivity index (χ3v) is 3.38. The molecule has 0 aliphatic carbocycles. The number of fused-ring (bicyclic) bond motifs is 1. The molecule has 1 saturated heterocycles. The van der Waals surface area contributed by atoms with Crippen LogP contribution in [0.1, 0.15) is 30.1 Å². The van der Waals surface area contributed by atoms with Crippen LogP contribution in [0.4, 0.5) is 0 Å². The highest BCUT2D eigenvalue weighted by Gasteiger charge is 2.22. The minimum absolute atomic E-state index is 0.0685. The highest BCUT2D eigenvalue weighted by molar-refractivity contribution is 5.94. The lowest BCUT2D eigenvalue weighted by Gasteiger charge is -2.30. The van der Waals surface area contributed by atoms with E-state index in [1.807, 2.05) is 4.90 Å². The van der Waals surface area contributed by atoms with Crippen LogP contribution in [0.2, 0.25) is 0 Å². The number of hydrogen-bond acceptors (Lipinski definition) is 4. The van der Waals surface area contributed by atoms with Crippen molar-refractivity contribution in [2.24, 2.45) is 5.92 Å². The summed E-state index contributed by atoms with van der Waals surface area (Å²) >= 11 is 0. The minimum Gasteiger partial charge on any atom is -0.338 e. The van der Waals surface area contributed by atoms with Gasteiger partial charge in [-0.2, -0.15) is 4.52 Å². The van der Waals surface area contributed by atoms with Crippen LogP contribution in [0.25, 0.3) is 5.65 Å². The Bertz CT molecular complexity index is 579. The third-order valence-electron chi connectivity index (χ3n) is 3.38. The first-order valence-corrected chi connectivity index (χ1v) is 6.21. The van der Waals surface area contributed by atoms with Gasteiger partial charge in [-0.05, 0) is 41.3 Å². The van der Waals surface area contributed by atoms with Crippen LogP contribution < -0.4 is 0 Å². The second-order valence-corrected chi connectivity index (χ2v) is 4.90. The Kier molecular flexibility index (Phi) is 2.70. The molecule has 3 rings (SSSR count). The first-order valence-electron chi connectivity index (χ1n) is 6.21. The van der Waals surface area contributed by atoms with Crippen LogP contribution in [0.5, 0.6) is 0 Å². The summed E-state index contributed by atoms with van der Waals surface area (Å²) < 4.78 is 1.53. The first kappa shape index (κ1) is 11.1. The van der Waals surface area contributed by atoms with Crippen molar-refractivity contribution in [3.8, 4) is 0 Å². The Hall–Kier alpha value is -1.98. The molecule has 0 bridgehead atoms. The molecule has 2 aromatic rings. The quantitative estimate of drug-likeness (QED) is 0.751. The molecule has 1 fully saturated rings. The molecule has 1 atom stereocenters. The van der Waals surface area contributed by atoms with Crippen molar-refractivity contribution < 1.29 is 4.79 Å². The van der Waals surface area contributed by atoms with Gasteiger partial charge in [0, 0.05) is 19.3 Å². The molecule has 18 heavy (non-hydrogen) atoms. The van der Waals surface area contributed by atoms with Gasteiger partial charge in [-0.1, -0.05) is 6.92 Å². The molecule has 3 heterocycles. The summed E-state index contributed by atoms with van der Waals surface area (Å²) in [6.45, 7) is 3.87. The van der Waals surface area contributed by atoms with E-state index in [1.54, 1.807) is 18.3 Å². The largest absolute Gasteiger partial charge is 0.338 e. The van der Waals surface area contributed by atoms with Crippen molar-refractivity contribution >= 4 is 11.6 Å². The second-order valence-electron chi connectivity index (χ2n) is 4.90. The smallest absolute Gasteiger partial charge is 0.255 e. The van der Waals surface area contributed by atoms with Crippen molar-refractivity contribution in [2.75, 3.05) is 13.1 Å². The number of hydrogen-bond donors (Lipinski definition) is 0. The fourth-order valence-corrected chi connectivity index (χ4v) is 2.42. The normalized spacial score (nSPS) is 20.3. The van der Waals surface area contributed by atoms with Crippen LogP contribution >= 0.6 is 0 Å². The van der Waals surface area contributed by atoms with Crippen molar-refractivity contribution in [2.45, 2.75) is 19.8 Å². The molecular formula is C12H15N5O. The molecule has 94 valence electrons. The van der Waals surface area contributed by atoms with E-state index in [-0.39, 0.29) is 5.91 Å². The van der Waals surface area contributed by atoms with Crippen LogP contribution in [-0.2, 0) is 0 Å². The Labute approximate surface area is 105 Å². The number of aromatic nitrogens is 4. The number of tetrazole rings is 1. The maximum Gasteiger partial charge on any atom is 0.255 e. The van der Waals surface area contributed by atoms with Gasteiger partial charge >= 0.3 is 0 Å². The van der Waals surface area contributed by atoms with Gasteiger partial charge in [0.2, 0.25) is 0 Å². The number of piperidine rings is 1. The average molecular weight is 245 g/mol. The van der Waals surface area contributed by atoms with E-state index in [1.165, 1.54) is 10.9 Å². The molecule has 1 aliphatic heterocycles. The van der Waals surface area contributed by atoms with Gasteiger partial charge in [-0.15, -0.1) is 5.10 Å². The molecule has 0 N–H and O–H groups in total. The van der Waals surface area contributed by atoms with Crippen molar-refractivity contribution in [3.05, 3.63) is 23.9 Å². The molecular weight excluding hydrogens is 230 g/mol. The fourth-order valence-electron chi connectivity index (χ4n) is 2.42. The van der Waals surface area contributed by atoms with E-state index in [0.717, 1.165) is 19.5 Å². The van der Waals surface area contributed by atoms with Crippen molar-refractivity contribution in [3.63, 3.8) is 0 Å². The predicted molar refractivity (Wildman–Crippen MR) is 65.1 cm³/mol. The lowest BCUT2D eigenvalue weighted by atomic mass is 10.00. The number of pyridine rings is 1. The Morgan fingerprint density at radius 3 is 3.17 bits per heavy atom. The molecule has 0 aromatic carbocycles. The maximum atomic E-state index is 12.4. The van der Waals surface area contributed by atoms with Crippen LogP contribution in [0.3, 0.4) is 0 Å². The number of carbonyl (C=O) groups is 1. The van der Waals surface area contributed by atoms with Crippen LogP contribution in [0, 0.1) is 5.92 Å². The number of likely N-dealkylation sites (tertiary alicyclic amines) is 1. The predicted octanol–water partition coefficient (Wildman–Crippen LogP) is 0.996. The molecule has 0 spiro atoms. The zero-order valence-corrected chi connectivity index (χ0v) is 10.3. The molecule has 0 unspecified atom stereocenters. The summed E-state index contributed by atoms with van der Waals surface area (Å²) in [5, 5.41) is 11.2. The van der Waals surface area contributed by atoms with Gasteiger partial charge in [0.1, 0.15) is 0 Å². The standard InChI is InChI=1S/C12H15N5O/c1-9-3-2-6-16(7-9)12(18)10-4-5-11-13-14-15-17(11)8-10/h4-5,8-9H,2-3,6-7H2,1H3/t9-/m1/s1. The van der Waals surface area contributed by atoms with Crippen LogP contribution in [0.15, 0.2) is 18.3 Å². The second kappa shape index (κ2) is 4.36. The summed E-state index contributed by atoms with van der Waals surface area (Å²) in [7, 11) is 0. The Morgan fingerprint density at radius 2 is 2.33 bits per heavy atom. The highest BCUT2D eigenvalue weighted by atomic mass is 16.2. The lowest BCUT2D eigenvalue weighted by molar-refractivity contribution is 0.0682. The van der Waals surface area contributed by atoms with Crippen molar-refractivity contribution in [1.82, 2.24) is 24.9 Å². The van der Waals surface area contributed by atoms with Gasteiger partial charge < -0.3 is 4.90 Å². The summed E-state index contributed by atoms with van der Waals surface area (Å²) in [6.07, 6.45) is 3.98. The molecule has 1 aliphatic rings. The molecule has 2 aromatic heterocycles. The van der Waals surface area contributed by atoms with Gasteiger partial charge in [-0.25, -0.2) is 0 Å². The Morgan fingerprint density at radius 1 is 1.44 bits per heavy atom. The molecule has 1 amide bonds. The molecule has 6 heteroatoms. The highest BCUT2D eigenvalue weighted by Crippen LogP contribution is 2.17.